The Kier molecular flexibility index (Phi) is 5.23. The van der Waals surface area contributed by atoms with Crippen LogP contribution in [0.15, 0.2) is 0 Å². The Hall–Kier alpha value is -1.06. The summed E-state index contributed by atoms with van der Waals surface area (Å²) in [5, 5.41) is 12.0. The van der Waals surface area contributed by atoms with Gasteiger partial charge in [-0.05, 0) is 25.2 Å². The van der Waals surface area contributed by atoms with Gasteiger partial charge in [-0.3, -0.25) is 4.79 Å². The van der Waals surface area contributed by atoms with E-state index in [1.54, 1.807) is 0 Å². The normalized spacial score (nSPS) is 23.2. The van der Waals surface area contributed by atoms with Gasteiger partial charge in [-0.25, -0.2) is 4.79 Å². The third-order valence-corrected chi connectivity index (χ3v) is 4.36. The number of carboxylic acids is 1. The molecule has 2 aliphatic rings. The van der Waals surface area contributed by atoms with Gasteiger partial charge in [-0.2, -0.15) is 0 Å². The quantitative estimate of drug-likeness (QED) is 0.805. The first-order valence-corrected chi connectivity index (χ1v) is 7.70. The number of aliphatic carboxylic acids is 1. The van der Waals surface area contributed by atoms with Crippen LogP contribution in [0.5, 0.6) is 0 Å². The van der Waals surface area contributed by atoms with Crippen LogP contribution in [-0.2, 0) is 9.59 Å². The van der Waals surface area contributed by atoms with E-state index in [9.17, 15) is 14.7 Å². The smallest absolute Gasteiger partial charge is 0.326 e. The summed E-state index contributed by atoms with van der Waals surface area (Å²) in [6.45, 7) is 0. The largest absolute Gasteiger partial charge is 0.480 e. The van der Waals surface area contributed by atoms with Crippen molar-refractivity contribution in [1.29, 1.82) is 0 Å². The molecule has 19 heavy (non-hydrogen) atoms. The van der Waals surface area contributed by atoms with Crippen LogP contribution < -0.4 is 5.32 Å². The summed E-state index contributed by atoms with van der Waals surface area (Å²) < 4.78 is 0. The van der Waals surface area contributed by atoms with Gasteiger partial charge in [0.15, 0.2) is 0 Å². The van der Waals surface area contributed by atoms with Crippen molar-refractivity contribution in [3.63, 3.8) is 0 Å². The molecule has 1 unspecified atom stereocenters. The molecule has 2 fully saturated rings. The van der Waals surface area contributed by atoms with Crippen molar-refractivity contribution in [3.8, 4) is 0 Å². The van der Waals surface area contributed by atoms with Crippen LogP contribution in [0.2, 0.25) is 0 Å². The SMILES string of the molecule is O=C(NC(CC1CC1)C(=O)O)C1CCCCCCC1. The number of hydrogen-bond acceptors (Lipinski definition) is 2. The lowest BCUT2D eigenvalue weighted by Crippen LogP contribution is -2.44. The lowest BCUT2D eigenvalue weighted by atomic mass is 9.90. The van der Waals surface area contributed by atoms with Gasteiger partial charge >= 0.3 is 5.97 Å². The Morgan fingerprint density at radius 1 is 1.00 bits per heavy atom. The molecule has 0 heterocycles. The second-order valence-electron chi connectivity index (χ2n) is 6.12. The topological polar surface area (TPSA) is 66.4 Å². The molecule has 2 rings (SSSR count). The first-order chi connectivity index (χ1) is 9.16. The molecule has 2 N–H and O–H groups in total. The first-order valence-electron chi connectivity index (χ1n) is 7.70. The van der Waals surface area contributed by atoms with Gasteiger partial charge in [0.25, 0.3) is 0 Å². The fourth-order valence-corrected chi connectivity index (χ4v) is 2.92. The van der Waals surface area contributed by atoms with E-state index >= 15 is 0 Å². The van der Waals surface area contributed by atoms with Crippen molar-refractivity contribution in [2.45, 2.75) is 70.3 Å². The summed E-state index contributed by atoms with van der Waals surface area (Å²) in [6.07, 6.45) is 10.5. The summed E-state index contributed by atoms with van der Waals surface area (Å²) in [7, 11) is 0. The fraction of sp³-hybridized carbons (Fsp3) is 0.867. The number of amides is 1. The maximum absolute atomic E-state index is 12.2. The summed E-state index contributed by atoms with van der Waals surface area (Å²) in [5.41, 5.74) is 0. The highest BCUT2D eigenvalue weighted by Gasteiger charge is 2.31. The minimum atomic E-state index is -0.883. The molecule has 0 aromatic heterocycles. The van der Waals surface area contributed by atoms with E-state index in [0.717, 1.165) is 38.5 Å². The molecule has 0 aliphatic heterocycles. The van der Waals surface area contributed by atoms with Crippen LogP contribution in [0.3, 0.4) is 0 Å². The molecule has 0 aromatic rings. The predicted octanol–water partition coefficient (Wildman–Crippen LogP) is 2.72. The number of carbonyl (C=O) groups excluding carboxylic acids is 1. The van der Waals surface area contributed by atoms with Gasteiger partial charge in [-0.1, -0.05) is 44.9 Å². The van der Waals surface area contributed by atoms with E-state index in [0.29, 0.717) is 12.3 Å². The van der Waals surface area contributed by atoms with Crippen LogP contribution in [-0.4, -0.2) is 23.0 Å². The van der Waals surface area contributed by atoms with Crippen LogP contribution in [0, 0.1) is 11.8 Å². The number of carbonyl (C=O) groups is 2. The molecular formula is C15H25NO3. The Labute approximate surface area is 115 Å². The highest BCUT2D eigenvalue weighted by atomic mass is 16.4. The van der Waals surface area contributed by atoms with Gasteiger partial charge in [0, 0.05) is 5.92 Å². The maximum atomic E-state index is 12.2. The molecule has 108 valence electrons. The van der Waals surface area contributed by atoms with E-state index in [4.69, 9.17) is 0 Å². The Morgan fingerprint density at radius 3 is 2.11 bits per heavy atom. The molecule has 4 nitrogen and oxygen atoms in total. The van der Waals surface area contributed by atoms with Crippen LogP contribution in [0.1, 0.15) is 64.2 Å². The molecule has 1 amide bonds. The number of rotatable bonds is 5. The lowest BCUT2D eigenvalue weighted by molar-refractivity contribution is -0.142. The Balaban J connectivity index is 1.83. The average molecular weight is 267 g/mol. The average Bonchev–Trinajstić information content (AvgIpc) is 3.11. The molecule has 2 saturated carbocycles. The van der Waals surface area contributed by atoms with Crippen molar-refractivity contribution in [2.75, 3.05) is 0 Å². The molecule has 2 aliphatic carbocycles. The monoisotopic (exact) mass is 267 g/mol. The number of hydrogen-bond donors (Lipinski definition) is 2. The van der Waals surface area contributed by atoms with E-state index in [-0.39, 0.29) is 11.8 Å². The molecule has 0 bridgehead atoms. The van der Waals surface area contributed by atoms with Crippen LogP contribution in [0.25, 0.3) is 0 Å². The molecular weight excluding hydrogens is 242 g/mol. The van der Waals surface area contributed by atoms with Gasteiger partial charge in [0.2, 0.25) is 5.91 Å². The molecule has 0 saturated heterocycles. The zero-order valence-electron chi connectivity index (χ0n) is 11.6. The minimum absolute atomic E-state index is 0.0290. The highest BCUT2D eigenvalue weighted by molar-refractivity contribution is 5.84. The van der Waals surface area contributed by atoms with E-state index in [1.165, 1.54) is 19.3 Å². The van der Waals surface area contributed by atoms with E-state index < -0.39 is 12.0 Å². The number of carboxylic acid groups (broad SMARTS) is 1. The Morgan fingerprint density at radius 2 is 1.58 bits per heavy atom. The van der Waals surface area contributed by atoms with Crippen molar-refractivity contribution < 1.29 is 14.7 Å². The second kappa shape index (κ2) is 6.92. The predicted molar refractivity (Wildman–Crippen MR) is 72.7 cm³/mol. The van der Waals surface area contributed by atoms with Crippen molar-refractivity contribution in [1.82, 2.24) is 5.32 Å². The molecule has 0 spiro atoms. The van der Waals surface area contributed by atoms with Crippen molar-refractivity contribution in [2.24, 2.45) is 11.8 Å². The summed E-state index contributed by atoms with van der Waals surface area (Å²) >= 11 is 0. The zero-order chi connectivity index (χ0) is 13.7. The maximum Gasteiger partial charge on any atom is 0.326 e. The van der Waals surface area contributed by atoms with Gasteiger partial charge in [0.1, 0.15) is 6.04 Å². The zero-order valence-corrected chi connectivity index (χ0v) is 11.6. The third kappa shape index (κ3) is 4.84. The molecule has 4 heteroatoms. The van der Waals surface area contributed by atoms with Crippen LogP contribution >= 0.6 is 0 Å². The Bertz CT molecular complexity index is 317. The summed E-state index contributed by atoms with van der Waals surface area (Å²) in [4.78, 5) is 23.4. The lowest BCUT2D eigenvalue weighted by Gasteiger charge is -2.22. The van der Waals surface area contributed by atoms with Crippen molar-refractivity contribution in [3.05, 3.63) is 0 Å². The van der Waals surface area contributed by atoms with Gasteiger partial charge in [0.05, 0.1) is 0 Å². The first kappa shape index (κ1) is 14.4. The highest BCUT2D eigenvalue weighted by Crippen LogP contribution is 2.33. The van der Waals surface area contributed by atoms with E-state index in [2.05, 4.69) is 5.32 Å². The standard InChI is InChI=1S/C15H25NO3/c17-14(12-6-4-2-1-3-5-7-12)16-13(15(18)19)10-11-8-9-11/h11-13H,1-10H2,(H,16,17)(H,18,19). The summed E-state index contributed by atoms with van der Waals surface area (Å²) in [6, 6.07) is -0.676. The molecule has 0 aromatic carbocycles. The third-order valence-electron chi connectivity index (χ3n) is 4.36. The molecule has 1 atom stereocenters. The second-order valence-corrected chi connectivity index (χ2v) is 6.12. The van der Waals surface area contributed by atoms with Crippen molar-refractivity contribution >= 4 is 11.9 Å². The minimum Gasteiger partial charge on any atom is -0.480 e. The number of nitrogens with one attached hydrogen (secondary N) is 1. The molecule has 0 radical (unpaired) electrons. The van der Waals surface area contributed by atoms with Gasteiger partial charge < -0.3 is 10.4 Å². The van der Waals surface area contributed by atoms with Crippen LogP contribution in [0.4, 0.5) is 0 Å². The summed E-state index contributed by atoms with van der Waals surface area (Å²) in [5.74, 6) is -0.374. The fourth-order valence-electron chi connectivity index (χ4n) is 2.92. The van der Waals surface area contributed by atoms with Gasteiger partial charge in [-0.15, -0.1) is 0 Å². The van der Waals surface area contributed by atoms with E-state index in [1.807, 2.05) is 0 Å².